The van der Waals surface area contributed by atoms with Crippen molar-refractivity contribution in [3.63, 3.8) is 0 Å². The molecule has 3 aromatic rings. The van der Waals surface area contributed by atoms with Crippen LogP contribution in [0.15, 0.2) is 37.6 Å². The third-order valence-electron chi connectivity index (χ3n) is 14.9. The number of aromatic amines is 3. The van der Waals surface area contributed by atoms with Crippen molar-refractivity contribution in [1.29, 1.82) is 0 Å². The second-order valence-corrected chi connectivity index (χ2v) is 21.2. The predicted octanol–water partition coefficient (Wildman–Crippen LogP) is -0.983. The molecule has 13 atom stereocenters. The predicted molar refractivity (Wildman–Crippen MR) is 303 cm³/mol. The van der Waals surface area contributed by atoms with Crippen molar-refractivity contribution in [1.82, 2.24) is 72.4 Å². The topological polar surface area (TPSA) is 440 Å². The minimum Gasteiger partial charge on any atom is -0.368 e. The van der Waals surface area contributed by atoms with Gasteiger partial charge in [0, 0.05) is 54.9 Å². The molecule has 0 saturated carbocycles. The van der Waals surface area contributed by atoms with Crippen LogP contribution in [-0.4, -0.2) is 151 Å². The largest absolute Gasteiger partial charge is 0.368 e. The first-order valence-corrected chi connectivity index (χ1v) is 28.4. The van der Waals surface area contributed by atoms with Gasteiger partial charge in [0.1, 0.15) is 48.3 Å². The summed E-state index contributed by atoms with van der Waals surface area (Å²) in [6.45, 7) is 15.1. The van der Waals surface area contributed by atoms with E-state index in [9.17, 15) is 43.2 Å². The highest BCUT2D eigenvalue weighted by molar-refractivity contribution is 5.98. The third kappa shape index (κ3) is 22.3. The number of carbonyl (C=O) groups is 9. The van der Waals surface area contributed by atoms with E-state index in [4.69, 9.17) is 22.9 Å². The van der Waals surface area contributed by atoms with Crippen LogP contribution in [0, 0.1) is 23.7 Å². The number of H-pyrrole nitrogens is 3. The van der Waals surface area contributed by atoms with Gasteiger partial charge in [-0.15, -0.1) is 0 Å². The van der Waals surface area contributed by atoms with Crippen molar-refractivity contribution in [2.75, 3.05) is 13.1 Å². The highest BCUT2D eigenvalue weighted by Crippen LogP contribution is 2.17. The van der Waals surface area contributed by atoms with Gasteiger partial charge < -0.3 is 80.4 Å². The van der Waals surface area contributed by atoms with Crippen LogP contribution in [0.1, 0.15) is 137 Å². The van der Waals surface area contributed by atoms with Crippen molar-refractivity contribution < 1.29 is 43.2 Å². The molecule has 0 aliphatic carbocycles. The molecule has 3 aromatic heterocycles. The molecule has 3 rings (SSSR count). The van der Waals surface area contributed by atoms with Gasteiger partial charge in [-0.3, -0.25) is 43.2 Å². The fraction of sp³-hybridized carbons (Fsp3) is 0.667. The number of nitrogens with two attached hydrogens (primary N) is 4. The van der Waals surface area contributed by atoms with Gasteiger partial charge in [0.05, 0.1) is 25.0 Å². The number of unbranched alkanes of at least 4 members (excludes halogenated alkanes) is 2. The lowest BCUT2D eigenvalue weighted by atomic mass is 9.93. The lowest BCUT2D eigenvalue weighted by Crippen LogP contribution is -2.63. The van der Waals surface area contributed by atoms with Gasteiger partial charge in [0.2, 0.25) is 53.2 Å². The average Bonchev–Trinajstić information content (AvgIpc) is 4.29. The minimum absolute atomic E-state index is 0.0518. The Morgan fingerprint density at radius 2 is 0.716 bits per heavy atom. The molecule has 0 radical (unpaired) electrons. The smallest absolute Gasteiger partial charge is 0.243 e. The summed E-state index contributed by atoms with van der Waals surface area (Å²) in [7, 11) is 0. The summed E-state index contributed by atoms with van der Waals surface area (Å²) in [4.78, 5) is 147. The Labute approximate surface area is 474 Å². The average molecular weight is 1140 g/mol. The number of carbonyl (C=O) groups excluding carboxylic acids is 9. The monoisotopic (exact) mass is 1140 g/mol. The Balaban J connectivity index is 1.90. The number of hydrogen-bond donors (Lipinski definition) is 15. The molecule has 27 heteroatoms. The Morgan fingerprint density at radius 1 is 0.420 bits per heavy atom. The second-order valence-electron chi connectivity index (χ2n) is 21.2. The summed E-state index contributed by atoms with van der Waals surface area (Å²) < 4.78 is 0. The van der Waals surface area contributed by atoms with E-state index in [0.717, 1.165) is 0 Å². The summed E-state index contributed by atoms with van der Waals surface area (Å²) in [5, 5.41) is 22.3. The Hall–Kier alpha value is -7.26. The van der Waals surface area contributed by atoms with E-state index in [0.29, 0.717) is 81.5 Å². The van der Waals surface area contributed by atoms with Crippen molar-refractivity contribution in [3.05, 3.63) is 54.7 Å². The van der Waals surface area contributed by atoms with Gasteiger partial charge in [-0.1, -0.05) is 81.1 Å². The van der Waals surface area contributed by atoms with Gasteiger partial charge >= 0.3 is 0 Å². The third-order valence-corrected chi connectivity index (χ3v) is 14.9. The maximum atomic E-state index is 14.6. The Kier molecular flexibility index (Phi) is 29.8. The highest BCUT2D eigenvalue weighted by atomic mass is 16.2. The van der Waals surface area contributed by atoms with Crippen LogP contribution in [-0.2, 0) is 62.4 Å². The fourth-order valence-electron chi connectivity index (χ4n) is 8.79. The summed E-state index contributed by atoms with van der Waals surface area (Å²) in [5.41, 5.74) is 24.9. The molecule has 0 aliphatic heterocycles. The number of amides is 9. The highest BCUT2D eigenvalue weighted by Gasteiger charge is 2.39. The van der Waals surface area contributed by atoms with E-state index in [1.807, 2.05) is 27.7 Å². The number of nitrogens with one attached hydrogen (secondary N) is 11. The van der Waals surface area contributed by atoms with E-state index >= 15 is 0 Å². The van der Waals surface area contributed by atoms with Crippen molar-refractivity contribution in [2.45, 2.75) is 193 Å². The van der Waals surface area contributed by atoms with Crippen LogP contribution >= 0.6 is 0 Å². The zero-order chi connectivity index (χ0) is 60.2. The molecular weight excluding hydrogens is 1040 g/mol. The van der Waals surface area contributed by atoms with Crippen molar-refractivity contribution >= 4 is 53.2 Å². The number of rotatable bonds is 39. The van der Waals surface area contributed by atoms with Crippen LogP contribution < -0.4 is 65.5 Å². The number of imidazole rings is 3. The maximum absolute atomic E-state index is 14.6. The van der Waals surface area contributed by atoms with Crippen LogP contribution in [0.25, 0.3) is 0 Å². The lowest BCUT2D eigenvalue weighted by Gasteiger charge is -2.32. The molecule has 0 unspecified atom stereocenters. The quantitative estimate of drug-likeness (QED) is 0.0305. The van der Waals surface area contributed by atoms with E-state index in [1.54, 1.807) is 27.7 Å². The first-order chi connectivity index (χ1) is 38.6. The molecular formula is C54H92N18O9. The van der Waals surface area contributed by atoms with E-state index in [2.05, 4.69) is 72.4 Å². The molecule has 81 heavy (non-hydrogen) atoms. The number of hydrogen-bond acceptors (Lipinski definition) is 15. The molecule has 19 N–H and O–H groups in total. The Bertz CT molecular complexity index is 2410. The molecule has 27 nitrogen and oxygen atoms in total. The zero-order valence-corrected chi connectivity index (χ0v) is 48.4. The summed E-state index contributed by atoms with van der Waals surface area (Å²) >= 11 is 0. The van der Waals surface area contributed by atoms with Crippen LogP contribution in [0.4, 0.5) is 0 Å². The van der Waals surface area contributed by atoms with Crippen LogP contribution in [0.3, 0.4) is 0 Å². The van der Waals surface area contributed by atoms with Crippen molar-refractivity contribution in [2.24, 2.45) is 46.6 Å². The van der Waals surface area contributed by atoms with E-state index in [1.165, 1.54) is 37.6 Å². The van der Waals surface area contributed by atoms with E-state index < -0.39 is 131 Å². The number of aromatic nitrogens is 6. The second kappa shape index (κ2) is 35.5. The summed E-state index contributed by atoms with van der Waals surface area (Å²) in [6, 6.07) is -10.6. The van der Waals surface area contributed by atoms with E-state index in [-0.39, 0.29) is 32.1 Å². The molecule has 3 heterocycles. The maximum Gasteiger partial charge on any atom is 0.243 e. The van der Waals surface area contributed by atoms with Crippen LogP contribution in [0.5, 0.6) is 0 Å². The SMILES string of the molecule is CC[C@H](C)[C@H](NC(=O)[C@H](CCCCN)NC(=O)[C@@H](NC(=O)[C@@H](NC(=O)[C@H](Cc1cnc[nH]1)NC(=O)[C@H](Cc1cnc[nH]1)NC(=O)[C@@H](N)Cc1cnc[nH]1)[C@@H](C)CC)[C@@H](C)CC)C(=O)N[C@H](C(=O)N[C@@H](CCCCN)C(N)=O)[C@@H](C)CC. The molecule has 9 amide bonds. The van der Waals surface area contributed by atoms with Gasteiger partial charge in [-0.2, -0.15) is 0 Å². The molecule has 0 fully saturated rings. The molecule has 0 saturated heterocycles. The molecule has 452 valence electrons. The fourth-order valence-corrected chi connectivity index (χ4v) is 8.79. The minimum atomic E-state index is -1.33. The van der Waals surface area contributed by atoms with Crippen molar-refractivity contribution in [3.8, 4) is 0 Å². The van der Waals surface area contributed by atoms with Crippen LogP contribution in [0.2, 0.25) is 0 Å². The summed E-state index contributed by atoms with van der Waals surface area (Å²) in [6.07, 6.45) is 12.9. The van der Waals surface area contributed by atoms with Gasteiger partial charge in [-0.05, 0) is 75.3 Å². The summed E-state index contributed by atoms with van der Waals surface area (Å²) in [5.74, 6) is -8.11. The first-order valence-electron chi connectivity index (χ1n) is 28.4. The van der Waals surface area contributed by atoms with Gasteiger partial charge in [0.15, 0.2) is 0 Å². The molecule has 0 spiro atoms. The van der Waals surface area contributed by atoms with Gasteiger partial charge in [-0.25, -0.2) is 15.0 Å². The standard InChI is InChI=1S/C54H92N18O9/c1-9-30(5)42(51(78)65-38(46(58)73)17-13-15-19-55)71-53(80)44(32(7)11-3)69-48(75)39(18-14-16-20-56)66-52(79)43(31(6)10-2)72-54(81)45(33(8)12-4)70-50(77)41(23-36-26-61-29-64-36)68-49(76)40(22-35-25-60-28-63-35)67-47(74)37(57)21-34-24-59-27-62-34/h24-33,37-45H,9-23,55-57H2,1-8H3,(H2,58,73)(H,59,62)(H,60,63)(H,61,64)(H,65,78)(H,66,79)(H,67,74)(H,68,76)(H,69,75)(H,70,77)(H,71,80)(H,72,81)/t30-,31-,32-,33-,37-,38-,39-,40-,41-,42-,43-,44-,45-/m0/s1. The first kappa shape index (κ1) is 68.0. The lowest BCUT2D eigenvalue weighted by molar-refractivity contribution is -0.137. The zero-order valence-electron chi connectivity index (χ0n) is 48.4. The van der Waals surface area contributed by atoms with Gasteiger partial charge in [0.25, 0.3) is 0 Å². The Morgan fingerprint density at radius 3 is 1.06 bits per heavy atom. The molecule has 0 aliphatic rings. The number of primary amides is 1. The normalized spacial score (nSPS) is 16.2. The molecule has 0 bridgehead atoms. The number of nitrogens with zero attached hydrogens (tertiary/aromatic N) is 3. The molecule has 0 aromatic carbocycles.